The van der Waals surface area contributed by atoms with E-state index < -0.39 is 0 Å². The molecule has 3 heterocycles. The van der Waals surface area contributed by atoms with Crippen molar-refractivity contribution in [1.82, 2.24) is 20.0 Å². The lowest BCUT2D eigenvalue weighted by atomic mass is 9.83. The number of carbonyl (C=O) groups is 2. The summed E-state index contributed by atoms with van der Waals surface area (Å²) in [5.74, 6) is 0.233. The number of fused-ring (bicyclic) bond motifs is 2. The summed E-state index contributed by atoms with van der Waals surface area (Å²) in [6, 6.07) is 7.55. The van der Waals surface area contributed by atoms with Crippen LogP contribution < -0.4 is 5.32 Å². The third-order valence-corrected chi connectivity index (χ3v) is 6.40. The summed E-state index contributed by atoms with van der Waals surface area (Å²) in [4.78, 5) is 30.4. The molecule has 8 heteroatoms. The number of aliphatic hydroxyl groups is 1. The van der Waals surface area contributed by atoms with Crippen LogP contribution in [0.1, 0.15) is 25.3 Å². The molecule has 2 atom stereocenters. The molecule has 1 spiro atoms. The largest absolute Gasteiger partial charge is 0.508 e. The molecule has 3 aliphatic heterocycles. The van der Waals surface area contributed by atoms with Crippen LogP contribution in [0.4, 0.5) is 0 Å². The number of para-hydroxylation sites is 1. The van der Waals surface area contributed by atoms with Crippen LogP contribution in [0.15, 0.2) is 24.3 Å². The highest BCUT2D eigenvalue weighted by atomic mass is 16.3. The van der Waals surface area contributed by atoms with E-state index in [0.717, 1.165) is 18.7 Å². The van der Waals surface area contributed by atoms with Crippen molar-refractivity contribution in [3.05, 3.63) is 29.8 Å². The van der Waals surface area contributed by atoms with Crippen LogP contribution in [0, 0.1) is 0 Å². The summed E-state index contributed by atoms with van der Waals surface area (Å²) in [6.45, 7) is 6.03. The molecule has 3 saturated heterocycles. The summed E-state index contributed by atoms with van der Waals surface area (Å²) >= 11 is 0. The summed E-state index contributed by atoms with van der Waals surface area (Å²) in [5, 5.41) is 23.0. The van der Waals surface area contributed by atoms with Crippen LogP contribution in [0.5, 0.6) is 5.75 Å². The topological polar surface area (TPSA) is 96.3 Å². The van der Waals surface area contributed by atoms with Gasteiger partial charge in [-0.3, -0.25) is 19.4 Å². The number of nitrogens with one attached hydrogen (secondary N) is 1. The Kier molecular flexibility index (Phi) is 5.50. The number of hydrogen-bond acceptors (Lipinski definition) is 6. The van der Waals surface area contributed by atoms with Gasteiger partial charge in [0.25, 0.3) is 0 Å². The molecule has 0 aliphatic carbocycles. The number of phenolic OH excluding ortho intramolecular Hbond substituents is 1. The van der Waals surface area contributed by atoms with Gasteiger partial charge in [0.2, 0.25) is 11.8 Å². The quantitative estimate of drug-likeness (QED) is 0.629. The SMILES string of the molecule is CC(=O)NCCC(=O)N1C[C@H]2C[C@@H](O)CN2C2(CN(Cc3ccccc3O)C2)C1. The molecule has 2 amide bonds. The Morgan fingerprint density at radius 3 is 2.69 bits per heavy atom. The minimum atomic E-state index is -0.349. The number of aliphatic hydroxyl groups excluding tert-OH is 1. The molecule has 8 nitrogen and oxygen atoms in total. The highest BCUT2D eigenvalue weighted by Gasteiger charge is 2.56. The van der Waals surface area contributed by atoms with Gasteiger partial charge in [-0.25, -0.2) is 0 Å². The Morgan fingerprint density at radius 1 is 1.21 bits per heavy atom. The van der Waals surface area contributed by atoms with Gasteiger partial charge in [0, 0.05) is 70.8 Å². The maximum absolute atomic E-state index is 12.7. The van der Waals surface area contributed by atoms with Gasteiger partial charge in [-0.15, -0.1) is 0 Å². The predicted octanol–water partition coefficient (Wildman–Crippen LogP) is -0.250. The third kappa shape index (κ3) is 4.10. The fraction of sp³-hybridized carbons (Fsp3) is 0.619. The van der Waals surface area contributed by atoms with E-state index in [9.17, 15) is 19.8 Å². The van der Waals surface area contributed by atoms with Crippen molar-refractivity contribution < 1.29 is 19.8 Å². The Morgan fingerprint density at radius 2 is 1.97 bits per heavy atom. The first-order valence-electron chi connectivity index (χ1n) is 10.3. The van der Waals surface area contributed by atoms with Gasteiger partial charge in [0.05, 0.1) is 11.6 Å². The number of β-amino-alcohol motifs (C(OH)–C–C–N with tert-alkyl or cyclic N) is 1. The molecule has 1 aromatic rings. The molecule has 1 aromatic carbocycles. The van der Waals surface area contributed by atoms with E-state index in [4.69, 9.17) is 0 Å². The molecule has 0 bridgehead atoms. The number of rotatable bonds is 5. The molecule has 0 saturated carbocycles. The lowest BCUT2D eigenvalue weighted by molar-refractivity contribution is -0.151. The molecule has 0 unspecified atom stereocenters. The van der Waals surface area contributed by atoms with Crippen LogP contribution >= 0.6 is 0 Å². The van der Waals surface area contributed by atoms with Gasteiger partial charge in [-0.1, -0.05) is 18.2 Å². The maximum Gasteiger partial charge on any atom is 0.224 e. The van der Waals surface area contributed by atoms with Gasteiger partial charge < -0.3 is 20.4 Å². The molecule has 3 N–H and O–H groups in total. The standard InChI is InChI=1S/C21H30N4O4/c1-15(26)22-7-6-20(29)24-10-17-8-18(27)11-25(17)21(14-24)12-23(13-21)9-16-4-2-3-5-19(16)28/h2-5,17-18,27-28H,6-14H2,1H3,(H,22,26)/t17-,18-/m1/s1. The van der Waals surface area contributed by atoms with E-state index in [-0.39, 0.29) is 29.5 Å². The van der Waals surface area contributed by atoms with Gasteiger partial charge in [-0.2, -0.15) is 0 Å². The number of nitrogens with zero attached hydrogens (tertiary/aromatic N) is 3. The summed E-state index contributed by atoms with van der Waals surface area (Å²) < 4.78 is 0. The predicted molar refractivity (Wildman–Crippen MR) is 107 cm³/mol. The van der Waals surface area contributed by atoms with Gasteiger partial charge in [-0.05, 0) is 12.5 Å². The van der Waals surface area contributed by atoms with Crippen molar-refractivity contribution in [3.8, 4) is 5.75 Å². The molecular weight excluding hydrogens is 372 g/mol. The van der Waals surface area contributed by atoms with E-state index >= 15 is 0 Å². The smallest absolute Gasteiger partial charge is 0.224 e. The molecule has 29 heavy (non-hydrogen) atoms. The number of amides is 2. The second-order valence-electron chi connectivity index (χ2n) is 8.70. The molecular formula is C21H30N4O4. The van der Waals surface area contributed by atoms with Gasteiger partial charge >= 0.3 is 0 Å². The number of piperazine rings is 1. The monoisotopic (exact) mass is 402 g/mol. The van der Waals surface area contributed by atoms with Crippen LogP contribution in [0.3, 0.4) is 0 Å². The van der Waals surface area contributed by atoms with E-state index in [2.05, 4.69) is 15.1 Å². The van der Waals surface area contributed by atoms with Gasteiger partial charge in [0.15, 0.2) is 0 Å². The normalized spacial score (nSPS) is 26.2. The van der Waals surface area contributed by atoms with Crippen LogP contribution in [-0.2, 0) is 16.1 Å². The van der Waals surface area contributed by atoms with E-state index in [0.29, 0.717) is 51.3 Å². The molecule has 0 radical (unpaired) electrons. The number of likely N-dealkylation sites (tertiary alicyclic amines) is 1. The zero-order valence-electron chi connectivity index (χ0n) is 16.9. The molecule has 4 rings (SSSR count). The second-order valence-corrected chi connectivity index (χ2v) is 8.70. The Hall–Kier alpha value is -2.16. The first-order chi connectivity index (χ1) is 13.9. The molecule has 3 fully saturated rings. The maximum atomic E-state index is 12.7. The Labute approximate surface area is 171 Å². The average Bonchev–Trinajstić information content (AvgIpc) is 3.02. The van der Waals surface area contributed by atoms with Crippen molar-refractivity contribution >= 4 is 11.8 Å². The minimum Gasteiger partial charge on any atom is -0.508 e. The van der Waals surface area contributed by atoms with Crippen molar-refractivity contribution in [3.63, 3.8) is 0 Å². The minimum absolute atomic E-state index is 0.0540. The lowest BCUT2D eigenvalue weighted by Crippen LogP contribution is -2.78. The molecule has 158 valence electrons. The second kappa shape index (κ2) is 7.93. The number of hydrogen-bond donors (Lipinski definition) is 3. The Balaban J connectivity index is 1.42. The van der Waals surface area contributed by atoms with E-state index in [1.807, 2.05) is 23.1 Å². The number of benzene rings is 1. The molecule has 0 aromatic heterocycles. The summed E-state index contributed by atoms with van der Waals surface area (Å²) in [5.41, 5.74) is 0.758. The molecule has 3 aliphatic rings. The van der Waals surface area contributed by atoms with Crippen molar-refractivity contribution in [2.45, 2.75) is 44.0 Å². The lowest BCUT2D eigenvalue weighted by Gasteiger charge is -2.61. The summed E-state index contributed by atoms with van der Waals surface area (Å²) in [6.07, 6.45) is 0.641. The fourth-order valence-electron chi connectivity index (χ4n) is 5.17. The zero-order valence-corrected chi connectivity index (χ0v) is 16.9. The van der Waals surface area contributed by atoms with Crippen molar-refractivity contribution in [1.29, 1.82) is 0 Å². The van der Waals surface area contributed by atoms with Crippen molar-refractivity contribution in [2.24, 2.45) is 0 Å². The highest BCUT2D eigenvalue weighted by Crippen LogP contribution is 2.40. The third-order valence-electron chi connectivity index (χ3n) is 6.40. The number of carbonyl (C=O) groups excluding carboxylic acids is 2. The highest BCUT2D eigenvalue weighted by molar-refractivity contribution is 5.78. The first-order valence-corrected chi connectivity index (χ1v) is 10.3. The van der Waals surface area contributed by atoms with E-state index in [1.165, 1.54) is 6.92 Å². The average molecular weight is 402 g/mol. The zero-order chi connectivity index (χ0) is 20.6. The van der Waals surface area contributed by atoms with E-state index in [1.54, 1.807) is 6.07 Å². The van der Waals surface area contributed by atoms with Crippen LogP contribution in [0.2, 0.25) is 0 Å². The Bertz CT molecular complexity index is 780. The first kappa shape index (κ1) is 20.1. The number of phenols is 1. The number of aromatic hydroxyl groups is 1. The van der Waals surface area contributed by atoms with Crippen molar-refractivity contribution in [2.75, 3.05) is 39.3 Å². The van der Waals surface area contributed by atoms with Crippen LogP contribution in [-0.4, -0.2) is 93.7 Å². The fourth-order valence-corrected chi connectivity index (χ4v) is 5.17. The van der Waals surface area contributed by atoms with Gasteiger partial charge in [0.1, 0.15) is 5.75 Å². The van der Waals surface area contributed by atoms with Crippen LogP contribution in [0.25, 0.3) is 0 Å². The summed E-state index contributed by atoms with van der Waals surface area (Å²) in [7, 11) is 0.